The summed E-state index contributed by atoms with van der Waals surface area (Å²) in [6.07, 6.45) is 1.50. The molecule has 1 N–H and O–H groups in total. The molecule has 1 aliphatic heterocycles. The predicted octanol–water partition coefficient (Wildman–Crippen LogP) is 3.17. The van der Waals surface area contributed by atoms with Crippen LogP contribution in [0.5, 0.6) is 0 Å². The van der Waals surface area contributed by atoms with E-state index in [1.807, 2.05) is 38.1 Å². The van der Waals surface area contributed by atoms with E-state index in [2.05, 4.69) is 21.2 Å². The Hall–Kier alpha value is -1.36. The van der Waals surface area contributed by atoms with Crippen molar-refractivity contribution >= 4 is 39.1 Å². The van der Waals surface area contributed by atoms with Crippen LogP contribution in [0.3, 0.4) is 0 Å². The van der Waals surface area contributed by atoms with E-state index >= 15 is 0 Å². The molecule has 0 radical (unpaired) electrons. The van der Waals surface area contributed by atoms with Gasteiger partial charge in [-0.3, -0.25) is 9.59 Å². The maximum Gasteiger partial charge on any atom is 0.238 e. The summed E-state index contributed by atoms with van der Waals surface area (Å²) >= 11 is 3.38. The zero-order valence-corrected chi connectivity index (χ0v) is 13.3. The van der Waals surface area contributed by atoms with Gasteiger partial charge in [0.25, 0.3) is 0 Å². The molecule has 0 aliphatic carbocycles. The first-order chi connectivity index (χ1) is 9.49. The Bertz CT molecular complexity index is 516. The molecule has 0 aromatic heterocycles. The minimum absolute atomic E-state index is 0.0649. The molecule has 0 bridgehead atoms. The summed E-state index contributed by atoms with van der Waals surface area (Å²) in [5.74, 6) is 0.303. The fraction of sp³-hybridized carbons (Fsp3) is 0.467. The Morgan fingerprint density at radius 2 is 2.15 bits per heavy atom. The van der Waals surface area contributed by atoms with Crippen LogP contribution in [0.4, 0.5) is 11.4 Å². The molecule has 5 heteroatoms. The molecule has 2 amide bonds. The van der Waals surface area contributed by atoms with Crippen molar-refractivity contribution in [2.24, 2.45) is 5.92 Å². The maximum absolute atomic E-state index is 12.0. The highest BCUT2D eigenvalue weighted by atomic mass is 79.9. The van der Waals surface area contributed by atoms with E-state index < -0.39 is 0 Å². The minimum atomic E-state index is -0.223. The molecule has 0 saturated carbocycles. The van der Waals surface area contributed by atoms with Crippen LogP contribution in [0, 0.1) is 5.92 Å². The number of carbonyl (C=O) groups excluding carboxylic acids is 2. The normalized spacial score (nSPS) is 16.6. The number of halogens is 1. The summed E-state index contributed by atoms with van der Waals surface area (Å²) in [6, 6.07) is 7.44. The van der Waals surface area contributed by atoms with Crippen LogP contribution in [-0.4, -0.2) is 23.2 Å². The van der Waals surface area contributed by atoms with Crippen molar-refractivity contribution in [1.82, 2.24) is 0 Å². The van der Waals surface area contributed by atoms with E-state index in [1.165, 1.54) is 0 Å². The fourth-order valence-corrected chi connectivity index (χ4v) is 2.30. The average molecular weight is 339 g/mol. The number of hydrogen-bond acceptors (Lipinski definition) is 2. The molecule has 1 heterocycles. The predicted molar refractivity (Wildman–Crippen MR) is 84.2 cm³/mol. The summed E-state index contributed by atoms with van der Waals surface area (Å²) in [5.41, 5.74) is 1.57. The third kappa shape index (κ3) is 3.39. The lowest BCUT2D eigenvalue weighted by Crippen LogP contribution is -2.27. The van der Waals surface area contributed by atoms with Crippen LogP contribution in [0.2, 0.25) is 0 Å². The van der Waals surface area contributed by atoms with E-state index in [0.717, 1.165) is 24.3 Å². The van der Waals surface area contributed by atoms with Crippen LogP contribution < -0.4 is 10.2 Å². The quantitative estimate of drug-likeness (QED) is 0.857. The Morgan fingerprint density at radius 3 is 2.75 bits per heavy atom. The van der Waals surface area contributed by atoms with Crippen molar-refractivity contribution in [2.45, 2.75) is 31.5 Å². The first-order valence-electron chi connectivity index (χ1n) is 6.84. The molecule has 4 nitrogen and oxygen atoms in total. The van der Waals surface area contributed by atoms with Gasteiger partial charge in [-0.05, 0) is 30.5 Å². The molecule has 1 atom stereocenters. The molecular weight excluding hydrogens is 320 g/mol. The third-order valence-corrected chi connectivity index (χ3v) is 4.81. The number of alkyl halides is 1. The molecule has 20 heavy (non-hydrogen) atoms. The lowest BCUT2D eigenvalue weighted by molar-refractivity contribution is -0.117. The highest BCUT2D eigenvalue weighted by Gasteiger charge is 2.22. The standard InChI is InChI=1S/C15H19BrN2O2/c1-10(2)14(16)15(20)17-11-5-3-6-12(9-11)18-8-4-7-13(18)19/h3,5-6,9-10,14H,4,7-8H2,1-2H3,(H,17,20). The largest absolute Gasteiger partial charge is 0.325 e. The molecule has 108 valence electrons. The molecule has 0 spiro atoms. The summed E-state index contributed by atoms with van der Waals surface area (Å²) < 4.78 is 0. The average Bonchev–Trinajstić information content (AvgIpc) is 2.84. The first-order valence-corrected chi connectivity index (χ1v) is 7.76. The summed E-state index contributed by atoms with van der Waals surface area (Å²) in [5, 5.41) is 2.88. The van der Waals surface area contributed by atoms with Gasteiger partial charge in [0.15, 0.2) is 0 Å². The van der Waals surface area contributed by atoms with E-state index in [0.29, 0.717) is 6.42 Å². The first kappa shape index (κ1) is 15.0. The molecule has 1 aliphatic rings. The van der Waals surface area contributed by atoms with Gasteiger partial charge in [-0.2, -0.15) is 0 Å². The molecule has 2 rings (SSSR count). The molecule has 1 aromatic rings. The maximum atomic E-state index is 12.0. The second-order valence-electron chi connectivity index (χ2n) is 5.33. The molecule has 1 unspecified atom stereocenters. The number of benzene rings is 1. The number of nitrogens with zero attached hydrogens (tertiary/aromatic N) is 1. The van der Waals surface area contributed by atoms with Gasteiger partial charge >= 0.3 is 0 Å². The van der Waals surface area contributed by atoms with Gasteiger partial charge in [0.2, 0.25) is 11.8 Å². The number of amides is 2. The number of rotatable bonds is 4. The number of carbonyl (C=O) groups is 2. The lowest BCUT2D eigenvalue weighted by Gasteiger charge is -2.18. The topological polar surface area (TPSA) is 49.4 Å². The van der Waals surface area contributed by atoms with Crippen LogP contribution in [0.1, 0.15) is 26.7 Å². The molecular formula is C15H19BrN2O2. The van der Waals surface area contributed by atoms with Gasteiger partial charge in [0.1, 0.15) is 0 Å². The van der Waals surface area contributed by atoms with Crippen LogP contribution in [0.15, 0.2) is 24.3 Å². The van der Waals surface area contributed by atoms with Crippen molar-refractivity contribution in [2.75, 3.05) is 16.8 Å². The lowest BCUT2D eigenvalue weighted by atomic mass is 10.1. The van der Waals surface area contributed by atoms with Crippen molar-refractivity contribution in [3.05, 3.63) is 24.3 Å². The minimum Gasteiger partial charge on any atom is -0.325 e. The van der Waals surface area contributed by atoms with Gasteiger partial charge < -0.3 is 10.2 Å². The Kier molecular flexibility index (Phi) is 4.81. The zero-order valence-electron chi connectivity index (χ0n) is 11.7. The Balaban J connectivity index is 2.10. The van der Waals surface area contributed by atoms with E-state index in [9.17, 15) is 9.59 Å². The van der Waals surface area contributed by atoms with Gasteiger partial charge in [-0.1, -0.05) is 35.8 Å². The van der Waals surface area contributed by atoms with Crippen molar-refractivity contribution in [3.63, 3.8) is 0 Å². The number of nitrogens with one attached hydrogen (secondary N) is 1. The van der Waals surface area contributed by atoms with Gasteiger partial charge in [0.05, 0.1) is 4.83 Å². The van der Waals surface area contributed by atoms with Crippen molar-refractivity contribution in [1.29, 1.82) is 0 Å². The van der Waals surface area contributed by atoms with E-state index in [4.69, 9.17) is 0 Å². The Labute approximate surface area is 127 Å². The number of anilines is 2. The second kappa shape index (κ2) is 6.39. The van der Waals surface area contributed by atoms with Crippen LogP contribution in [-0.2, 0) is 9.59 Å². The second-order valence-corrected chi connectivity index (χ2v) is 6.32. The van der Waals surface area contributed by atoms with Crippen molar-refractivity contribution in [3.8, 4) is 0 Å². The molecule has 1 aromatic carbocycles. The monoisotopic (exact) mass is 338 g/mol. The van der Waals surface area contributed by atoms with Gasteiger partial charge in [0, 0.05) is 24.3 Å². The highest BCUT2D eigenvalue weighted by molar-refractivity contribution is 9.10. The number of hydrogen-bond donors (Lipinski definition) is 1. The van der Waals surface area contributed by atoms with E-state index in [-0.39, 0.29) is 22.6 Å². The summed E-state index contributed by atoms with van der Waals surface area (Å²) in [4.78, 5) is 25.3. The fourth-order valence-electron chi connectivity index (χ4n) is 2.19. The third-order valence-electron chi connectivity index (χ3n) is 3.33. The molecule has 1 fully saturated rings. The zero-order chi connectivity index (χ0) is 14.7. The van der Waals surface area contributed by atoms with Crippen LogP contribution in [0.25, 0.3) is 0 Å². The summed E-state index contributed by atoms with van der Waals surface area (Å²) in [7, 11) is 0. The molecule has 1 saturated heterocycles. The smallest absolute Gasteiger partial charge is 0.238 e. The summed E-state index contributed by atoms with van der Waals surface area (Å²) in [6.45, 7) is 4.72. The van der Waals surface area contributed by atoms with Crippen molar-refractivity contribution < 1.29 is 9.59 Å². The van der Waals surface area contributed by atoms with Gasteiger partial charge in [-0.15, -0.1) is 0 Å². The SMILES string of the molecule is CC(C)C(Br)C(=O)Nc1cccc(N2CCCC2=O)c1. The van der Waals surface area contributed by atoms with E-state index in [1.54, 1.807) is 4.90 Å². The highest BCUT2D eigenvalue weighted by Crippen LogP contribution is 2.25. The Morgan fingerprint density at radius 1 is 1.40 bits per heavy atom. The van der Waals surface area contributed by atoms with Crippen LogP contribution >= 0.6 is 15.9 Å². The van der Waals surface area contributed by atoms with Gasteiger partial charge in [-0.25, -0.2) is 0 Å².